The van der Waals surface area contributed by atoms with Gasteiger partial charge < -0.3 is 9.67 Å². The Morgan fingerprint density at radius 2 is 1.89 bits per heavy atom. The molecule has 1 N–H and O–H groups in total. The van der Waals surface area contributed by atoms with Crippen LogP contribution in [0.2, 0.25) is 5.02 Å². The van der Waals surface area contributed by atoms with Crippen LogP contribution in [-0.2, 0) is 12.2 Å². The van der Waals surface area contributed by atoms with Crippen LogP contribution in [0.5, 0.6) is 0 Å². The fourth-order valence-corrected chi connectivity index (χ4v) is 5.32. The van der Waals surface area contributed by atoms with Crippen LogP contribution in [0, 0.1) is 17.7 Å². The highest BCUT2D eigenvalue weighted by molar-refractivity contribution is 6.30. The van der Waals surface area contributed by atoms with Crippen molar-refractivity contribution in [2.75, 3.05) is 0 Å². The largest absolute Gasteiger partial charge is 0.475 e. The number of halogens is 3. The van der Waals surface area contributed by atoms with Crippen LogP contribution in [0.15, 0.2) is 42.7 Å². The molecule has 1 aliphatic carbocycles. The summed E-state index contributed by atoms with van der Waals surface area (Å²) in [4.78, 5) is 28.9. The average Bonchev–Trinajstić information content (AvgIpc) is 3.24. The van der Waals surface area contributed by atoms with E-state index >= 15 is 4.39 Å². The number of aromatic carboxylic acids is 1. The molecule has 1 atom stereocenters. The fraction of sp³-hybridized carbons (Fsp3) is 0.370. The molecule has 1 saturated carbocycles. The van der Waals surface area contributed by atoms with E-state index in [0.717, 1.165) is 25.7 Å². The molecule has 1 unspecified atom stereocenters. The molecule has 3 heterocycles. The lowest BCUT2D eigenvalue weighted by atomic mass is 9.83. The van der Waals surface area contributed by atoms with Crippen LogP contribution in [0.3, 0.4) is 0 Å². The molecule has 0 aliphatic heterocycles. The van der Waals surface area contributed by atoms with E-state index < -0.39 is 23.3 Å². The molecule has 1 aromatic carbocycles. The van der Waals surface area contributed by atoms with Gasteiger partial charge in [0.2, 0.25) is 5.82 Å². The minimum atomic E-state index is -2.33. The predicted octanol–water partition coefficient (Wildman–Crippen LogP) is 6.44. The first kappa shape index (κ1) is 25.2. The van der Waals surface area contributed by atoms with Gasteiger partial charge in [0.15, 0.2) is 17.1 Å². The van der Waals surface area contributed by atoms with E-state index in [-0.39, 0.29) is 28.6 Å². The lowest BCUT2D eigenvalue weighted by Crippen LogP contribution is -2.27. The lowest BCUT2D eigenvalue weighted by molar-refractivity contribution is 0.0684. The first-order valence-corrected chi connectivity index (χ1v) is 12.6. The minimum absolute atomic E-state index is 0.0155. The van der Waals surface area contributed by atoms with Crippen LogP contribution in [0.25, 0.3) is 22.4 Å². The number of aromatic nitrogens is 5. The van der Waals surface area contributed by atoms with Crippen molar-refractivity contribution < 1.29 is 18.7 Å². The second-order valence-electron chi connectivity index (χ2n) is 9.92. The van der Waals surface area contributed by atoms with Crippen LogP contribution >= 0.6 is 11.6 Å². The molecule has 1 aliphatic rings. The molecule has 0 amide bonds. The third kappa shape index (κ3) is 4.80. The maximum Gasteiger partial charge on any atom is 0.374 e. The van der Waals surface area contributed by atoms with Gasteiger partial charge in [0, 0.05) is 30.1 Å². The Kier molecular flexibility index (Phi) is 6.66. The Hall–Kier alpha value is -3.46. The van der Waals surface area contributed by atoms with Crippen molar-refractivity contribution in [2.24, 2.45) is 11.8 Å². The van der Waals surface area contributed by atoms with E-state index in [2.05, 4.69) is 26.9 Å². The van der Waals surface area contributed by atoms with Gasteiger partial charge in [-0.05, 0) is 43.7 Å². The molecular weight excluding hydrogens is 500 g/mol. The number of nitrogens with zero attached hydrogens (tertiary/aromatic N) is 5. The van der Waals surface area contributed by atoms with Gasteiger partial charge in [0.05, 0.1) is 5.02 Å². The van der Waals surface area contributed by atoms with Crippen LogP contribution < -0.4 is 0 Å². The number of carboxylic acids is 1. The number of hydrogen-bond acceptors (Lipinski definition) is 5. The zero-order valence-corrected chi connectivity index (χ0v) is 21.2. The Morgan fingerprint density at radius 1 is 1.16 bits per heavy atom. The van der Waals surface area contributed by atoms with Gasteiger partial charge in [-0.3, -0.25) is 4.98 Å². The summed E-state index contributed by atoms with van der Waals surface area (Å²) in [5.41, 5.74) is -1.45. The quantitative estimate of drug-likeness (QED) is 0.311. The number of imidazole rings is 1. The maximum atomic E-state index is 16.7. The van der Waals surface area contributed by atoms with Crippen molar-refractivity contribution in [1.29, 1.82) is 0 Å². The highest BCUT2D eigenvalue weighted by atomic mass is 35.5. The Morgan fingerprint density at radius 3 is 2.57 bits per heavy atom. The van der Waals surface area contributed by atoms with Crippen molar-refractivity contribution in [3.8, 4) is 11.3 Å². The van der Waals surface area contributed by atoms with Crippen molar-refractivity contribution in [3.05, 3.63) is 70.8 Å². The smallest absolute Gasteiger partial charge is 0.374 e. The van der Waals surface area contributed by atoms with E-state index in [0.29, 0.717) is 28.6 Å². The monoisotopic (exact) mass is 525 g/mol. The van der Waals surface area contributed by atoms with Crippen molar-refractivity contribution in [2.45, 2.75) is 51.7 Å². The summed E-state index contributed by atoms with van der Waals surface area (Å²) in [6.07, 6.45) is 6.96. The Balaban J connectivity index is 1.79. The summed E-state index contributed by atoms with van der Waals surface area (Å²) < 4.78 is 33.2. The first-order chi connectivity index (χ1) is 17.6. The van der Waals surface area contributed by atoms with Crippen LogP contribution in [0.4, 0.5) is 8.78 Å². The lowest BCUT2D eigenvalue weighted by Gasteiger charge is -2.29. The van der Waals surface area contributed by atoms with Gasteiger partial charge >= 0.3 is 5.97 Å². The summed E-state index contributed by atoms with van der Waals surface area (Å²) >= 11 is 6.19. The normalized spacial score (nSPS) is 19.6. The van der Waals surface area contributed by atoms with Gasteiger partial charge in [-0.15, -0.1) is 0 Å². The van der Waals surface area contributed by atoms with Crippen LogP contribution in [-0.4, -0.2) is 35.6 Å². The molecule has 192 valence electrons. The minimum Gasteiger partial charge on any atom is -0.475 e. The molecule has 3 aromatic heterocycles. The summed E-state index contributed by atoms with van der Waals surface area (Å²) in [5.74, 6) is -1.75. The zero-order valence-electron chi connectivity index (χ0n) is 20.5. The molecule has 7 nitrogen and oxygen atoms in total. The van der Waals surface area contributed by atoms with E-state index in [1.54, 1.807) is 16.7 Å². The highest BCUT2D eigenvalue weighted by Gasteiger charge is 2.39. The Labute approximate surface area is 217 Å². The maximum absolute atomic E-state index is 16.7. The second kappa shape index (κ2) is 9.78. The van der Waals surface area contributed by atoms with E-state index in [1.807, 2.05) is 0 Å². The zero-order chi connectivity index (χ0) is 26.3. The number of carbonyl (C=O) groups is 1. The van der Waals surface area contributed by atoms with Gasteiger partial charge in [0.25, 0.3) is 0 Å². The van der Waals surface area contributed by atoms with E-state index in [1.165, 1.54) is 37.5 Å². The summed E-state index contributed by atoms with van der Waals surface area (Å²) in [7, 11) is 0. The van der Waals surface area contributed by atoms with E-state index in [4.69, 9.17) is 11.6 Å². The SMILES string of the molecule is CC1CCC(Cn2c(C(C)(F)c3ccccc3F)nc3nc(C(=O)O)nc(-c4cncc(Cl)c4)c32)CC1. The topological polar surface area (TPSA) is 93.8 Å². The molecule has 1 fully saturated rings. The number of pyridine rings is 1. The number of alkyl halides is 1. The second-order valence-corrected chi connectivity index (χ2v) is 10.4. The summed E-state index contributed by atoms with van der Waals surface area (Å²) in [6, 6.07) is 7.26. The van der Waals surface area contributed by atoms with Gasteiger partial charge in [0.1, 0.15) is 17.0 Å². The van der Waals surface area contributed by atoms with Gasteiger partial charge in [-0.25, -0.2) is 28.5 Å². The third-order valence-electron chi connectivity index (χ3n) is 7.15. The predicted molar refractivity (Wildman–Crippen MR) is 136 cm³/mol. The molecule has 5 rings (SSSR count). The molecule has 0 bridgehead atoms. The molecule has 0 radical (unpaired) electrons. The highest BCUT2D eigenvalue weighted by Crippen LogP contribution is 2.40. The molecule has 0 saturated heterocycles. The number of carboxylic acid groups (broad SMARTS) is 1. The van der Waals surface area contributed by atoms with Crippen molar-refractivity contribution in [1.82, 2.24) is 24.5 Å². The Bertz CT molecular complexity index is 1480. The third-order valence-corrected chi connectivity index (χ3v) is 7.36. The fourth-order valence-electron chi connectivity index (χ4n) is 5.14. The number of fused-ring (bicyclic) bond motifs is 1. The van der Waals surface area contributed by atoms with Crippen molar-refractivity contribution >= 4 is 28.7 Å². The molecule has 37 heavy (non-hydrogen) atoms. The number of hydrogen-bond donors (Lipinski definition) is 1. The number of rotatable bonds is 6. The van der Waals surface area contributed by atoms with Gasteiger partial charge in [-0.2, -0.15) is 0 Å². The molecule has 0 spiro atoms. The summed E-state index contributed by atoms with van der Waals surface area (Å²) in [5, 5.41) is 10.0. The first-order valence-electron chi connectivity index (χ1n) is 12.2. The van der Waals surface area contributed by atoms with Gasteiger partial charge in [-0.1, -0.05) is 49.6 Å². The molecule has 4 aromatic rings. The summed E-state index contributed by atoms with van der Waals surface area (Å²) in [6.45, 7) is 3.89. The van der Waals surface area contributed by atoms with Crippen molar-refractivity contribution in [3.63, 3.8) is 0 Å². The molecular formula is C27H26ClF2N5O2. The number of benzene rings is 1. The van der Waals surface area contributed by atoms with Crippen LogP contribution in [0.1, 0.15) is 61.5 Å². The average molecular weight is 526 g/mol. The van der Waals surface area contributed by atoms with E-state index in [9.17, 15) is 14.3 Å². The molecule has 10 heteroatoms. The standard InChI is InChI=1S/C27H26ClF2N5O2/c1-15-7-9-16(10-8-15)14-35-22-21(17-11-18(28)13-31-12-17)32-24(25(36)37)33-23(22)34-26(35)27(2,30)19-5-3-4-6-20(19)29/h3-6,11-13,15-16H,7-10,14H2,1-2H3,(H,36,37).